The zero-order valence-corrected chi connectivity index (χ0v) is 14.8. The largest absolute Gasteiger partial charge is 0.444 e. The van der Waals surface area contributed by atoms with Crippen LogP contribution in [-0.2, 0) is 4.74 Å². The van der Waals surface area contributed by atoms with Crippen LogP contribution in [0.2, 0.25) is 0 Å². The van der Waals surface area contributed by atoms with Gasteiger partial charge >= 0.3 is 6.09 Å². The van der Waals surface area contributed by atoms with Crippen molar-refractivity contribution in [1.82, 2.24) is 10.2 Å². The van der Waals surface area contributed by atoms with Crippen LogP contribution in [0.4, 0.5) is 9.18 Å². The smallest absolute Gasteiger partial charge is 0.410 e. The summed E-state index contributed by atoms with van der Waals surface area (Å²) >= 11 is 0. The zero-order chi connectivity index (χ0) is 17.9. The topological polar surface area (TPSA) is 61.8 Å². The summed E-state index contributed by atoms with van der Waals surface area (Å²) in [4.78, 5) is 13.8. The molecule has 1 aromatic carbocycles. The lowest BCUT2D eigenvalue weighted by atomic mass is 10.0. The van der Waals surface area contributed by atoms with E-state index in [-0.39, 0.29) is 24.0 Å². The molecule has 24 heavy (non-hydrogen) atoms. The molecule has 3 atom stereocenters. The maximum atomic E-state index is 13.0. The Labute approximate surface area is 142 Å². The van der Waals surface area contributed by atoms with Gasteiger partial charge in [0.2, 0.25) is 0 Å². The van der Waals surface area contributed by atoms with Gasteiger partial charge in [0, 0.05) is 25.2 Å². The zero-order valence-electron chi connectivity index (χ0n) is 14.8. The lowest BCUT2D eigenvalue weighted by Crippen LogP contribution is -2.43. The van der Waals surface area contributed by atoms with Crippen molar-refractivity contribution in [1.29, 1.82) is 0 Å². The second-order valence-electron chi connectivity index (χ2n) is 7.36. The summed E-state index contributed by atoms with van der Waals surface area (Å²) < 4.78 is 18.3. The highest BCUT2D eigenvalue weighted by atomic mass is 19.1. The number of aliphatic hydroxyl groups excluding tert-OH is 1. The third kappa shape index (κ3) is 5.18. The van der Waals surface area contributed by atoms with E-state index in [4.69, 9.17) is 4.74 Å². The maximum absolute atomic E-state index is 13.0. The molecule has 2 rings (SSSR count). The molecule has 1 heterocycles. The molecule has 0 aromatic heterocycles. The standard InChI is InChI=1S/C18H27FN2O3/c1-12(16(22)13-5-7-14(19)8-6-13)20-15-9-10-21(11-15)17(23)24-18(2,3)4/h5-8,12,15-16,20,22H,9-11H2,1-4H3/t12-,15+,16+/m0/s1. The molecule has 0 aliphatic carbocycles. The van der Waals surface area contributed by atoms with Crippen LogP contribution in [-0.4, -0.2) is 46.9 Å². The highest BCUT2D eigenvalue weighted by molar-refractivity contribution is 5.68. The average Bonchev–Trinajstić information content (AvgIpc) is 2.94. The Kier molecular flexibility index (Phi) is 5.83. The van der Waals surface area contributed by atoms with Gasteiger partial charge in [-0.25, -0.2) is 9.18 Å². The number of benzene rings is 1. The number of amides is 1. The van der Waals surface area contributed by atoms with Crippen molar-refractivity contribution in [3.05, 3.63) is 35.6 Å². The van der Waals surface area contributed by atoms with Crippen molar-refractivity contribution < 1.29 is 19.0 Å². The van der Waals surface area contributed by atoms with Gasteiger partial charge in [-0.2, -0.15) is 0 Å². The highest BCUT2D eigenvalue weighted by Gasteiger charge is 2.31. The normalized spacial score (nSPS) is 20.8. The first-order chi connectivity index (χ1) is 11.2. The summed E-state index contributed by atoms with van der Waals surface area (Å²) in [7, 11) is 0. The van der Waals surface area contributed by atoms with Crippen molar-refractivity contribution in [2.75, 3.05) is 13.1 Å². The maximum Gasteiger partial charge on any atom is 0.410 e. The van der Waals surface area contributed by atoms with Crippen LogP contribution in [0.5, 0.6) is 0 Å². The molecule has 0 radical (unpaired) electrons. The predicted octanol–water partition coefficient (Wildman–Crippen LogP) is 2.85. The highest BCUT2D eigenvalue weighted by Crippen LogP contribution is 2.20. The molecule has 1 aromatic rings. The predicted molar refractivity (Wildman–Crippen MR) is 90.2 cm³/mol. The van der Waals surface area contributed by atoms with E-state index in [2.05, 4.69) is 5.32 Å². The Balaban J connectivity index is 1.86. The van der Waals surface area contributed by atoms with E-state index < -0.39 is 11.7 Å². The fourth-order valence-corrected chi connectivity index (χ4v) is 2.80. The van der Waals surface area contributed by atoms with E-state index in [0.29, 0.717) is 18.7 Å². The number of halogens is 1. The van der Waals surface area contributed by atoms with Crippen LogP contribution in [0, 0.1) is 5.82 Å². The van der Waals surface area contributed by atoms with E-state index in [9.17, 15) is 14.3 Å². The van der Waals surface area contributed by atoms with Gasteiger partial charge in [-0.05, 0) is 51.8 Å². The Morgan fingerprint density at radius 2 is 2.00 bits per heavy atom. The Morgan fingerprint density at radius 1 is 1.38 bits per heavy atom. The minimum atomic E-state index is -0.735. The number of aliphatic hydroxyl groups is 1. The van der Waals surface area contributed by atoms with E-state index >= 15 is 0 Å². The van der Waals surface area contributed by atoms with Crippen LogP contribution in [0.25, 0.3) is 0 Å². The van der Waals surface area contributed by atoms with Gasteiger partial charge in [0.25, 0.3) is 0 Å². The first-order valence-electron chi connectivity index (χ1n) is 8.33. The number of ether oxygens (including phenoxy) is 1. The Morgan fingerprint density at radius 3 is 2.58 bits per heavy atom. The van der Waals surface area contributed by atoms with Gasteiger partial charge in [-0.15, -0.1) is 0 Å². The number of hydrogen-bond donors (Lipinski definition) is 2. The Bertz CT molecular complexity index is 556. The number of nitrogens with one attached hydrogen (secondary N) is 1. The third-order valence-electron chi connectivity index (χ3n) is 4.02. The summed E-state index contributed by atoms with van der Waals surface area (Å²) in [6.07, 6.45) is -0.237. The molecule has 1 amide bonds. The summed E-state index contributed by atoms with van der Waals surface area (Å²) in [5.41, 5.74) is 0.160. The molecule has 0 unspecified atom stereocenters. The van der Waals surface area contributed by atoms with Crippen molar-refractivity contribution >= 4 is 6.09 Å². The molecule has 0 bridgehead atoms. The van der Waals surface area contributed by atoms with Crippen LogP contribution < -0.4 is 5.32 Å². The van der Waals surface area contributed by atoms with Crippen molar-refractivity contribution in [3.8, 4) is 0 Å². The van der Waals surface area contributed by atoms with E-state index in [1.54, 1.807) is 17.0 Å². The quantitative estimate of drug-likeness (QED) is 0.886. The molecule has 134 valence electrons. The lowest BCUT2D eigenvalue weighted by molar-refractivity contribution is 0.0289. The minimum Gasteiger partial charge on any atom is -0.444 e. The van der Waals surface area contributed by atoms with Crippen molar-refractivity contribution in [2.24, 2.45) is 0 Å². The minimum absolute atomic E-state index is 0.0996. The van der Waals surface area contributed by atoms with Crippen molar-refractivity contribution in [2.45, 2.75) is 57.9 Å². The SMILES string of the molecule is C[C@H](N[C@@H]1CCN(C(=O)OC(C)(C)C)C1)[C@@H](O)c1ccc(F)cc1. The first-order valence-corrected chi connectivity index (χ1v) is 8.33. The second kappa shape index (κ2) is 7.49. The van der Waals surface area contributed by atoms with Gasteiger partial charge in [0.05, 0.1) is 6.10 Å². The fourth-order valence-electron chi connectivity index (χ4n) is 2.80. The molecule has 1 aliphatic heterocycles. The summed E-state index contributed by atoms with van der Waals surface area (Å²) in [6.45, 7) is 8.60. The van der Waals surface area contributed by atoms with E-state index in [1.165, 1.54) is 12.1 Å². The first kappa shape index (κ1) is 18.7. The molecular formula is C18H27FN2O3. The lowest BCUT2D eigenvalue weighted by Gasteiger charge is -2.26. The number of carbonyl (C=O) groups is 1. The van der Waals surface area contributed by atoms with Gasteiger partial charge in [-0.1, -0.05) is 12.1 Å². The molecule has 6 heteroatoms. The molecule has 1 fully saturated rings. The number of carbonyl (C=O) groups excluding carboxylic acids is 1. The summed E-state index contributed by atoms with van der Waals surface area (Å²) in [5, 5.41) is 13.7. The number of nitrogens with zero attached hydrogens (tertiary/aromatic N) is 1. The average molecular weight is 338 g/mol. The summed E-state index contributed by atoms with van der Waals surface area (Å²) in [5.74, 6) is -0.324. The molecule has 1 saturated heterocycles. The molecule has 2 N–H and O–H groups in total. The van der Waals surface area contributed by atoms with E-state index in [0.717, 1.165) is 6.42 Å². The summed E-state index contributed by atoms with van der Waals surface area (Å²) in [6, 6.07) is 5.73. The van der Waals surface area contributed by atoms with Gasteiger partial charge in [0.1, 0.15) is 11.4 Å². The molecule has 0 spiro atoms. The number of rotatable bonds is 4. The molecular weight excluding hydrogens is 311 g/mol. The third-order valence-corrected chi connectivity index (χ3v) is 4.02. The monoisotopic (exact) mass is 338 g/mol. The second-order valence-corrected chi connectivity index (χ2v) is 7.36. The van der Waals surface area contributed by atoms with Gasteiger partial charge in [0.15, 0.2) is 0 Å². The van der Waals surface area contributed by atoms with Crippen LogP contribution in [0.15, 0.2) is 24.3 Å². The van der Waals surface area contributed by atoms with Crippen LogP contribution in [0.1, 0.15) is 45.8 Å². The molecule has 5 nitrogen and oxygen atoms in total. The Hall–Kier alpha value is -1.66. The van der Waals surface area contributed by atoms with E-state index in [1.807, 2.05) is 27.7 Å². The van der Waals surface area contributed by atoms with Gasteiger partial charge < -0.3 is 20.1 Å². The van der Waals surface area contributed by atoms with Crippen molar-refractivity contribution in [3.63, 3.8) is 0 Å². The molecule has 1 aliphatic rings. The van der Waals surface area contributed by atoms with Gasteiger partial charge in [-0.3, -0.25) is 0 Å². The fraction of sp³-hybridized carbons (Fsp3) is 0.611. The van der Waals surface area contributed by atoms with Crippen LogP contribution >= 0.6 is 0 Å². The number of likely N-dealkylation sites (tertiary alicyclic amines) is 1. The number of hydrogen-bond acceptors (Lipinski definition) is 4. The molecule has 0 saturated carbocycles. The van der Waals surface area contributed by atoms with Crippen LogP contribution in [0.3, 0.4) is 0 Å².